The number of unbranched alkanes of at least 4 members (excludes halogenated alkanes) is 1. The highest BCUT2D eigenvalue weighted by Crippen LogP contribution is 2.07. The van der Waals surface area contributed by atoms with Crippen LogP contribution in [0, 0.1) is 0 Å². The predicted molar refractivity (Wildman–Crippen MR) is 43.3 cm³/mol. The van der Waals surface area contributed by atoms with Crippen LogP contribution >= 0.6 is 0 Å². The molecular weight excluding hydrogens is 176 g/mol. The Labute approximate surface area is 76.2 Å². The molecule has 0 aromatic carbocycles. The lowest BCUT2D eigenvalue weighted by Crippen LogP contribution is -2.14. The summed E-state index contributed by atoms with van der Waals surface area (Å²) in [5, 5.41) is 0. The van der Waals surface area contributed by atoms with Gasteiger partial charge in [0.1, 0.15) is 6.10 Å². The van der Waals surface area contributed by atoms with E-state index in [1.54, 1.807) is 0 Å². The summed E-state index contributed by atoms with van der Waals surface area (Å²) < 4.78 is 4.56. The predicted octanol–water partition coefficient (Wildman–Crippen LogP) is 0.0870. The molecule has 6 heteroatoms. The summed E-state index contributed by atoms with van der Waals surface area (Å²) in [6, 6.07) is 0. The molecule has 1 heterocycles. The molecule has 0 aliphatic carbocycles. The van der Waals surface area contributed by atoms with Crippen molar-refractivity contribution >= 4 is 6.09 Å². The van der Waals surface area contributed by atoms with Crippen LogP contribution in [0.3, 0.4) is 0 Å². The minimum Gasteiger partial charge on any atom is -0.450 e. The quantitative estimate of drug-likeness (QED) is 0.600. The monoisotopic (exact) mass is 190 g/mol. The van der Waals surface area contributed by atoms with Gasteiger partial charge in [0.2, 0.25) is 0 Å². The first-order chi connectivity index (χ1) is 6.29. The first-order valence-electron chi connectivity index (χ1n) is 4.23. The number of hydrogen-bond donors (Lipinski definition) is 2. The lowest BCUT2D eigenvalue weighted by atomic mass is 10.2. The number of carbonyl (C=O) groups is 1. The van der Waals surface area contributed by atoms with E-state index < -0.39 is 6.09 Å². The Morgan fingerprint density at radius 3 is 3.08 bits per heavy atom. The van der Waals surface area contributed by atoms with E-state index in [2.05, 4.69) is 10.4 Å². The largest absolute Gasteiger partial charge is 0.450 e. The molecular formula is C7H14N2O4. The Kier molecular flexibility index (Phi) is 4.52. The van der Waals surface area contributed by atoms with E-state index in [0.29, 0.717) is 13.2 Å². The zero-order chi connectivity index (χ0) is 9.52. The molecule has 1 atom stereocenters. The number of ether oxygens (including phenoxy) is 1. The van der Waals surface area contributed by atoms with Crippen LogP contribution in [-0.2, 0) is 14.4 Å². The van der Waals surface area contributed by atoms with Crippen LogP contribution in [0.25, 0.3) is 0 Å². The van der Waals surface area contributed by atoms with Crippen LogP contribution in [0.1, 0.15) is 19.3 Å². The van der Waals surface area contributed by atoms with Crippen LogP contribution in [0.15, 0.2) is 0 Å². The van der Waals surface area contributed by atoms with Gasteiger partial charge in [0.15, 0.2) is 0 Å². The Hall–Kier alpha value is -0.850. The van der Waals surface area contributed by atoms with Gasteiger partial charge in [-0.1, -0.05) is 5.64 Å². The van der Waals surface area contributed by atoms with E-state index in [0.717, 1.165) is 19.3 Å². The smallest absolute Gasteiger partial charge is 0.404 e. The summed E-state index contributed by atoms with van der Waals surface area (Å²) in [5.74, 6) is 0. The number of rotatable bonds is 5. The minimum absolute atomic E-state index is 0.105. The van der Waals surface area contributed by atoms with E-state index in [1.807, 2.05) is 0 Å². The number of nitrogens with one attached hydrogen (secondary N) is 1. The van der Waals surface area contributed by atoms with Gasteiger partial charge >= 0.3 is 6.09 Å². The summed E-state index contributed by atoms with van der Waals surface area (Å²) in [5.41, 5.74) is 7.11. The van der Waals surface area contributed by atoms with E-state index in [-0.39, 0.29) is 6.10 Å². The number of hydrogen-bond acceptors (Lipinski definition) is 5. The van der Waals surface area contributed by atoms with Crippen molar-refractivity contribution in [3.05, 3.63) is 0 Å². The molecule has 6 nitrogen and oxygen atoms in total. The van der Waals surface area contributed by atoms with Gasteiger partial charge in [-0.3, -0.25) is 9.68 Å². The van der Waals surface area contributed by atoms with Gasteiger partial charge in [-0.25, -0.2) is 4.79 Å². The maximum Gasteiger partial charge on any atom is 0.404 e. The highest BCUT2D eigenvalue weighted by molar-refractivity contribution is 5.64. The van der Waals surface area contributed by atoms with E-state index in [9.17, 15) is 4.79 Å². The molecule has 1 fully saturated rings. The second kappa shape index (κ2) is 5.74. The molecule has 0 radical (unpaired) electrons. The molecule has 0 spiro atoms. The van der Waals surface area contributed by atoms with Gasteiger partial charge in [0, 0.05) is 0 Å². The van der Waals surface area contributed by atoms with E-state index >= 15 is 0 Å². The molecule has 1 rings (SSSR count). The Morgan fingerprint density at radius 2 is 2.46 bits per heavy atom. The summed E-state index contributed by atoms with van der Waals surface area (Å²) in [6.07, 6.45) is 1.98. The molecule has 13 heavy (non-hydrogen) atoms. The van der Waals surface area contributed by atoms with E-state index in [4.69, 9.17) is 15.4 Å². The molecule has 3 N–H and O–H groups in total. The van der Waals surface area contributed by atoms with E-state index in [1.165, 1.54) is 0 Å². The Morgan fingerprint density at radius 1 is 1.62 bits per heavy atom. The van der Waals surface area contributed by atoms with Crippen molar-refractivity contribution in [2.45, 2.75) is 25.4 Å². The van der Waals surface area contributed by atoms with Gasteiger partial charge in [0.05, 0.1) is 13.2 Å². The molecule has 0 saturated carbocycles. The van der Waals surface area contributed by atoms with Crippen LogP contribution < -0.4 is 11.4 Å². The van der Waals surface area contributed by atoms with Crippen molar-refractivity contribution in [2.24, 2.45) is 5.73 Å². The molecule has 0 bridgehead atoms. The summed E-state index contributed by atoms with van der Waals surface area (Å²) in [4.78, 5) is 19.9. The molecule has 1 aliphatic heterocycles. The van der Waals surface area contributed by atoms with Gasteiger partial charge in [-0.15, -0.1) is 0 Å². The number of amides is 1. The Bertz CT molecular complexity index is 159. The average Bonchev–Trinajstić information content (AvgIpc) is 2.55. The lowest BCUT2D eigenvalue weighted by molar-refractivity contribution is -0.0849. The number of carbonyl (C=O) groups excluding carboxylic acids is 1. The molecule has 1 amide bonds. The highest BCUT2D eigenvalue weighted by Gasteiger charge is 2.15. The third-order valence-corrected chi connectivity index (χ3v) is 1.71. The fraction of sp³-hybridized carbons (Fsp3) is 0.857. The molecule has 76 valence electrons. The minimum atomic E-state index is -0.720. The van der Waals surface area contributed by atoms with Gasteiger partial charge < -0.3 is 10.5 Å². The maximum absolute atomic E-state index is 10.2. The van der Waals surface area contributed by atoms with Gasteiger partial charge in [0.25, 0.3) is 0 Å². The summed E-state index contributed by atoms with van der Waals surface area (Å²) in [7, 11) is 0. The fourth-order valence-electron chi connectivity index (χ4n) is 1.05. The lowest BCUT2D eigenvalue weighted by Gasteiger charge is -2.05. The van der Waals surface area contributed by atoms with Crippen molar-refractivity contribution < 1.29 is 19.2 Å². The fourth-order valence-corrected chi connectivity index (χ4v) is 1.05. The zero-order valence-electron chi connectivity index (χ0n) is 7.32. The topological polar surface area (TPSA) is 82.8 Å². The van der Waals surface area contributed by atoms with Crippen LogP contribution in [-0.4, -0.2) is 25.4 Å². The van der Waals surface area contributed by atoms with Crippen LogP contribution in [0.5, 0.6) is 0 Å². The molecule has 0 aromatic heterocycles. The SMILES string of the molecule is NC(=O)OCCCCC1CONO1. The van der Waals surface area contributed by atoms with Crippen LogP contribution in [0.2, 0.25) is 0 Å². The first-order valence-corrected chi connectivity index (χ1v) is 4.23. The molecule has 1 unspecified atom stereocenters. The van der Waals surface area contributed by atoms with Crippen molar-refractivity contribution in [1.29, 1.82) is 0 Å². The average molecular weight is 190 g/mol. The van der Waals surface area contributed by atoms with Crippen LogP contribution in [0.4, 0.5) is 4.79 Å². The third-order valence-electron chi connectivity index (χ3n) is 1.71. The molecule has 1 saturated heterocycles. The van der Waals surface area contributed by atoms with Crippen molar-refractivity contribution in [3.63, 3.8) is 0 Å². The second-order valence-corrected chi connectivity index (χ2v) is 2.80. The maximum atomic E-state index is 10.2. The third kappa shape index (κ3) is 4.66. The molecule has 1 aliphatic rings. The number of primary amides is 1. The van der Waals surface area contributed by atoms with Crippen molar-refractivity contribution in [2.75, 3.05) is 13.2 Å². The standard InChI is InChI=1S/C7H14N2O4/c8-7(10)11-4-2-1-3-6-5-12-9-13-6/h6,9H,1-5H2,(H2,8,10). The normalized spacial score (nSPS) is 21.7. The van der Waals surface area contributed by atoms with Crippen molar-refractivity contribution in [1.82, 2.24) is 5.64 Å². The first kappa shape index (κ1) is 10.2. The zero-order valence-corrected chi connectivity index (χ0v) is 7.32. The second-order valence-electron chi connectivity index (χ2n) is 2.80. The summed E-state index contributed by atoms with van der Waals surface area (Å²) >= 11 is 0. The number of nitrogens with two attached hydrogens (primary N) is 1. The highest BCUT2D eigenvalue weighted by atomic mass is 16.9. The summed E-state index contributed by atoms with van der Waals surface area (Å²) in [6.45, 7) is 0.938. The van der Waals surface area contributed by atoms with Gasteiger partial charge in [-0.05, 0) is 19.3 Å². The molecule has 0 aromatic rings. The Balaban J connectivity index is 1.86. The van der Waals surface area contributed by atoms with Gasteiger partial charge in [-0.2, -0.15) is 0 Å². The van der Waals surface area contributed by atoms with Crippen molar-refractivity contribution in [3.8, 4) is 0 Å².